The standard InChI is InChI=1S/C33H28ClFN2O6S/c1-33-21(30(40)37(32(33)42)16-8-11-23(35)22(34)13-16)14-20-18(28(33)27-24(38)6-3-7-25(27)43-2)9-10-19-26(20)31(41)36(29(19)39)15-17-5-4-12-44-17/h3-9,11-13,19-21,26,28,38H,10,14-15H2,1-2H3/t19-,20+,21-,26-,28+,33+/m0/s1. The van der Waals surface area contributed by atoms with Crippen molar-refractivity contribution >= 4 is 52.3 Å². The van der Waals surface area contributed by atoms with E-state index in [1.165, 1.54) is 41.5 Å². The average Bonchev–Trinajstić information content (AvgIpc) is 3.66. The van der Waals surface area contributed by atoms with Gasteiger partial charge in [0, 0.05) is 16.4 Å². The summed E-state index contributed by atoms with van der Waals surface area (Å²) in [5, 5.41) is 12.9. The van der Waals surface area contributed by atoms with Crippen LogP contribution >= 0.6 is 22.9 Å². The van der Waals surface area contributed by atoms with Crippen LogP contribution in [0.3, 0.4) is 0 Å². The second-order valence-corrected chi connectivity index (χ2v) is 13.4. The number of nitrogens with zero attached hydrogens (tertiary/aromatic N) is 2. The molecule has 1 N–H and O–H groups in total. The zero-order valence-corrected chi connectivity index (χ0v) is 25.4. The van der Waals surface area contributed by atoms with Gasteiger partial charge in [-0.05, 0) is 67.5 Å². The van der Waals surface area contributed by atoms with Gasteiger partial charge in [0.25, 0.3) is 0 Å². The smallest absolute Gasteiger partial charge is 0.241 e. The fourth-order valence-electron chi connectivity index (χ4n) is 7.97. The van der Waals surface area contributed by atoms with Gasteiger partial charge in [0.05, 0.1) is 47.5 Å². The molecule has 3 heterocycles. The first-order valence-electron chi connectivity index (χ1n) is 14.3. The fourth-order valence-corrected chi connectivity index (χ4v) is 8.84. The molecule has 11 heteroatoms. The number of benzene rings is 2. The molecule has 2 saturated heterocycles. The van der Waals surface area contributed by atoms with Crippen LogP contribution in [0, 0.1) is 34.9 Å². The van der Waals surface area contributed by atoms with Crippen molar-refractivity contribution in [3.63, 3.8) is 0 Å². The number of rotatable bonds is 5. The van der Waals surface area contributed by atoms with Gasteiger partial charge in [-0.2, -0.15) is 0 Å². The lowest BCUT2D eigenvalue weighted by Crippen LogP contribution is -2.49. The lowest BCUT2D eigenvalue weighted by atomic mass is 9.51. The number of phenols is 1. The molecule has 8 nitrogen and oxygen atoms in total. The Balaban J connectivity index is 1.38. The van der Waals surface area contributed by atoms with Gasteiger partial charge in [0.15, 0.2) is 0 Å². The number of hydrogen-bond acceptors (Lipinski definition) is 7. The van der Waals surface area contributed by atoms with E-state index < -0.39 is 52.6 Å². The van der Waals surface area contributed by atoms with Crippen LogP contribution < -0.4 is 9.64 Å². The third-order valence-electron chi connectivity index (χ3n) is 9.97. The van der Waals surface area contributed by atoms with E-state index in [2.05, 4.69) is 0 Å². The van der Waals surface area contributed by atoms with Gasteiger partial charge < -0.3 is 9.84 Å². The largest absolute Gasteiger partial charge is 0.508 e. The number of anilines is 1. The van der Waals surface area contributed by atoms with E-state index in [1.54, 1.807) is 19.1 Å². The van der Waals surface area contributed by atoms with Crippen LogP contribution in [-0.2, 0) is 25.7 Å². The predicted molar refractivity (Wildman–Crippen MR) is 161 cm³/mol. The van der Waals surface area contributed by atoms with E-state index in [0.29, 0.717) is 11.3 Å². The van der Waals surface area contributed by atoms with Crippen LogP contribution in [-0.4, -0.2) is 40.7 Å². The number of halogens is 2. The van der Waals surface area contributed by atoms with E-state index in [0.717, 1.165) is 21.4 Å². The molecule has 0 bridgehead atoms. The van der Waals surface area contributed by atoms with E-state index in [1.807, 2.05) is 23.6 Å². The lowest BCUT2D eigenvalue weighted by molar-refractivity contribution is -0.141. The van der Waals surface area contributed by atoms with Gasteiger partial charge >= 0.3 is 0 Å². The first-order valence-corrected chi connectivity index (χ1v) is 15.6. The molecule has 4 amide bonds. The fraction of sp³-hybridized carbons (Fsp3) is 0.333. The van der Waals surface area contributed by atoms with Crippen molar-refractivity contribution in [2.45, 2.75) is 32.2 Å². The van der Waals surface area contributed by atoms with Crippen LogP contribution in [0.5, 0.6) is 11.5 Å². The highest BCUT2D eigenvalue weighted by atomic mass is 35.5. The molecule has 2 aliphatic carbocycles. The van der Waals surface area contributed by atoms with Crippen molar-refractivity contribution in [3.8, 4) is 11.5 Å². The number of amides is 4. The summed E-state index contributed by atoms with van der Waals surface area (Å²) in [7, 11) is 1.46. The molecule has 3 fully saturated rings. The number of allylic oxidation sites excluding steroid dienone is 2. The molecule has 3 aromatic rings. The first-order chi connectivity index (χ1) is 21.1. The van der Waals surface area contributed by atoms with Gasteiger partial charge in [-0.1, -0.05) is 35.4 Å². The van der Waals surface area contributed by atoms with Crippen molar-refractivity contribution in [1.29, 1.82) is 0 Å². The van der Waals surface area contributed by atoms with Crippen molar-refractivity contribution in [1.82, 2.24) is 4.90 Å². The number of thiophene rings is 1. The number of aromatic hydroxyl groups is 1. The van der Waals surface area contributed by atoms with Crippen LogP contribution in [0.2, 0.25) is 5.02 Å². The molecule has 2 aromatic carbocycles. The maximum absolute atomic E-state index is 14.5. The quantitative estimate of drug-likeness (QED) is 0.286. The molecule has 44 heavy (non-hydrogen) atoms. The number of methoxy groups -OCH3 is 1. The number of ether oxygens (including phenoxy) is 1. The normalized spacial score (nSPS) is 29.5. The number of hydrogen-bond donors (Lipinski definition) is 1. The summed E-state index contributed by atoms with van der Waals surface area (Å²) in [6.45, 7) is 1.88. The van der Waals surface area contributed by atoms with Crippen molar-refractivity contribution in [3.05, 3.63) is 86.8 Å². The Morgan fingerprint density at radius 2 is 1.86 bits per heavy atom. The van der Waals surface area contributed by atoms with Crippen molar-refractivity contribution in [2.75, 3.05) is 12.0 Å². The Kier molecular flexibility index (Phi) is 6.71. The van der Waals surface area contributed by atoms with Crippen LogP contribution in [0.25, 0.3) is 0 Å². The van der Waals surface area contributed by atoms with Gasteiger partial charge in [-0.3, -0.25) is 24.1 Å². The Morgan fingerprint density at radius 1 is 1.07 bits per heavy atom. The molecule has 2 aliphatic heterocycles. The van der Waals surface area contributed by atoms with Gasteiger partial charge in [-0.25, -0.2) is 9.29 Å². The maximum Gasteiger partial charge on any atom is 0.241 e. The summed E-state index contributed by atoms with van der Waals surface area (Å²) < 4.78 is 19.7. The SMILES string of the molecule is COc1cccc(O)c1[C@H]1C2=CC[C@@H]3C(=O)N(Cc4cccs4)C(=O)[C@@H]3[C@@H]2C[C@H]2C(=O)N(c3ccc(F)c(Cl)c3)C(=O)[C@@]12C. The first kappa shape index (κ1) is 28.7. The van der Waals surface area contributed by atoms with E-state index >= 15 is 0 Å². The monoisotopic (exact) mass is 634 g/mol. The molecular weight excluding hydrogens is 607 g/mol. The molecule has 1 aromatic heterocycles. The van der Waals surface area contributed by atoms with E-state index in [-0.39, 0.29) is 47.7 Å². The second-order valence-electron chi connectivity index (χ2n) is 12.0. The van der Waals surface area contributed by atoms with Gasteiger partial charge in [-0.15, -0.1) is 11.3 Å². The molecule has 1 saturated carbocycles. The lowest BCUT2D eigenvalue weighted by Gasteiger charge is -2.49. The highest BCUT2D eigenvalue weighted by molar-refractivity contribution is 7.09. The Labute approximate surface area is 261 Å². The number of likely N-dealkylation sites (tertiary alicyclic amines) is 1. The minimum Gasteiger partial charge on any atom is -0.508 e. The molecule has 6 atom stereocenters. The zero-order valence-electron chi connectivity index (χ0n) is 23.8. The summed E-state index contributed by atoms with van der Waals surface area (Å²) in [4.78, 5) is 59.6. The van der Waals surface area contributed by atoms with Crippen molar-refractivity contribution in [2.24, 2.45) is 29.1 Å². The van der Waals surface area contributed by atoms with Crippen molar-refractivity contribution < 1.29 is 33.4 Å². The molecule has 0 spiro atoms. The second kappa shape index (κ2) is 10.3. The van der Waals surface area contributed by atoms with Crippen LogP contribution in [0.15, 0.2) is 65.6 Å². The Morgan fingerprint density at radius 3 is 2.57 bits per heavy atom. The van der Waals surface area contributed by atoms with E-state index in [4.69, 9.17) is 16.3 Å². The minimum atomic E-state index is -1.40. The average molecular weight is 635 g/mol. The number of imide groups is 2. The van der Waals surface area contributed by atoms with Crippen LogP contribution in [0.4, 0.5) is 10.1 Å². The summed E-state index contributed by atoms with van der Waals surface area (Å²) in [6.07, 6.45) is 2.35. The van der Waals surface area contributed by atoms with Gasteiger partial charge in [0.1, 0.15) is 17.3 Å². The highest BCUT2D eigenvalue weighted by Gasteiger charge is 2.68. The molecule has 4 aliphatic rings. The highest BCUT2D eigenvalue weighted by Crippen LogP contribution is 2.65. The molecule has 0 unspecified atom stereocenters. The van der Waals surface area contributed by atoms with Gasteiger partial charge in [0.2, 0.25) is 23.6 Å². The van der Waals surface area contributed by atoms with E-state index in [9.17, 15) is 28.7 Å². The molecule has 226 valence electrons. The van der Waals surface area contributed by atoms with Crippen LogP contribution in [0.1, 0.15) is 36.1 Å². The predicted octanol–water partition coefficient (Wildman–Crippen LogP) is 5.69. The number of fused-ring (bicyclic) bond motifs is 4. The number of carbonyl (C=O) groups excluding carboxylic acids is 4. The summed E-state index contributed by atoms with van der Waals surface area (Å²) in [5.74, 6) is -5.67. The third kappa shape index (κ3) is 3.93. The zero-order chi connectivity index (χ0) is 31.1. The molecule has 0 radical (unpaired) electrons. The summed E-state index contributed by atoms with van der Waals surface area (Å²) >= 11 is 7.52. The summed E-state index contributed by atoms with van der Waals surface area (Å²) in [6, 6.07) is 12.2. The third-order valence-corrected chi connectivity index (χ3v) is 11.1. The topological polar surface area (TPSA) is 104 Å². The maximum atomic E-state index is 14.5. The minimum absolute atomic E-state index is 0.116. The Bertz CT molecular complexity index is 1780. The summed E-state index contributed by atoms with van der Waals surface area (Å²) in [5.41, 5.74) is -0.205. The number of carbonyl (C=O) groups is 4. The molecular formula is C33H28ClFN2O6S. The Hall–Kier alpha value is -4.02. The molecule has 7 rings (SSSR count). The number of phenolic OH excluding ortho intramolecular Hbond substituents is 1.